The maximum absolute atomic E-state index is 11.1. The summed E-state index contributed by atoms with van der Waals surface area (Å²) in [6.45, 7) is 5.97. The number of carbonyl (C=O) groups excluding carboxylic acids is 1. The second-order valence-corrected chi connectivity index (χ2v) is 5.15. The molecule has 5 nitrogen and oxygen atoms in total. The number of rotatable bonds is 2. The number of aromatic nitrogens is 2. The maximum atomic E-state index is 11.1. The molecule has 0 bridgehead atoms. The van der Waals surface area contributed by atoms with E-state index < -0.39 is 0 Å². The van der Waals surface area contributed by atoms with Crippen LogP contribution >= 0.6 is 11.6 Å². The average Bonchev–Trinajstić information content (AvgIpc) is 2.35. The lowest BCUT2D eigenvalue weighted by Crippen LogP contribution is -2.55. The quantitative estimate of drug-likeness (QED) is 0.601. The molecule has 0 aromatic carbocycles. The molecule has 0 aliphatic carbocycles. The van der Waals surface area contributed by atoms with Crippen molar-refractivity contribution in [2.24, 2.45) is 0 Å². The van der Waals surface area contributed by atoms with E-state index in [4.69, 9.17) is 11.6 Å². The van der Waals surface area contributed by atoms with E-state index in [9.17, 15) is 4.79 Å². The molecular weight excluding hydrogens is 252 g/mol. The SMILES string of the molecule is CC1CN(c2ncnc(Cl)c2C=O)CC(C)N1C. The Labute approximate surface area is 112 Å². The van der Waals surface area contributed by atoms with Crippen molar-refractivity contribution in [2.45, 2.75) is 25.9 Å². The Bertz CT molecular complexity index is 442. The third kappa shape index (κ3) is 2.33. The van der Waals surface area contributed by atoms with E-state index in [1.54, 1.807) is 0 Å². The van der Waals surface area contributed by atoms with Gasteiger partial charge in [-0.3, -0.25) is 9.69 Å². The number of anilines is 1. The predicted molar refractivity (Wildman–Crippen MR) is 71.3 cm³/mol. The second-order valence-electron chi connectivity index (χ2n) is 4.79. The molecule has 0 spiro atoms. The van der Waals surface area contributed by atoms with E-state index in [0.717, 1.165) is 19.4 Å². The van der Waals surface area contributed by atoms with Gasteiger partial charge in [0.2, 0.25) is 0 Å². The van der Waals surface area contributed by atoms with Crippen LogP contribution in [0.4, 0.5) is 5.82 Å². The van der Waals surface area contributed by atoms with Gasteiger partial charge in [0.25, 0.3) is 0 Å². The first kappa shape index (κ1) is 13.2. The first-order chi connectivity index (χ1) is 8.54. The summed E-state index contributed by atoms with van der Waals surface area (Å²) < 4.78 is 0. The van der Waals surface area contributed by atoms with Crippen LogP contribution in [0.3, 0.4) is 0 Å². The number of carbonyl (C=O) groups is 1. The molecule has 0 amide bonds. The van der Waals surface area contributed by atoms with Gasteiger partial charge in [0.15, 0.2) is 6.29 Å². The van der Waals surface area contributed by atoms with Gasteiger partial charge in [0.1, 0.15) is 17.3 Å². The van der Waals surface area contributed by atoms with Crippen molar-refractivity contribution in [1.82, 2.24) is 14.9 Å². The standard InChI is InChI=1S/C12H17ClN4O/c1-8-4-17(5-9(2)16(8)3)12-10(6-18)11(13)14-7-15-12/h6-9H,4-5H2,1-3H3. The van der Waals surface area contributed by atoms with Crippen LogP contribution in [0.5, 0.6) is 0 Å². The Morgan fingerprint density at radius 3 is 2.50 bits per heavy atom. The van der Waals surface area contributed by atoms with Crippen molar-refractivity contribution in [2.75, 3.05) is 25.0 Å². The molecule has 6 heteroatoms. The molecule has 1 saturated heterocycles. The average molecular weight is 269 g/mol. The highest BCUT2D eigenvalue weighted by Crippen LogP contribution is 2.25. The predicted octanol–water partition coefficient (Wildman–Crippen LogP) is 1.47. The van der Waals surface area contributed by atoms with E-state index >= 15 is 0 Å². The molecule has 1 aromatic rings. The lowest BCUT2D eigenvalue weighted by molar-refractivity contribution is 0.112. The number of likely N-dealkylation sites (N-methyl/N-ethyl adjacent to an activating group) is 1. The zero-order chi connectivity index (χ0) is 13.3. The molecule has 2 rings (SSSR count). The third-order valence-corrected chi connectivity index (χ3v) is 3.89. The highest BCUT2D eigenvalue weighted by atomic mass is 35.5. The summed E-state index contributed by atoms with van der Waals surface area (Å²) in [5, 5.41) is 0.217. The van der Waals surface area contributed by atoms with Crippen molar-refractivity contribution in [3.8, 4) is 0 Å². The van der Waals surface area contributed by atoms with E-state index in [1.165, 1.54) is 6.33 Å². The van der Waals surface area contributed by atoms with Crippen LogP contribution in [0.2, 0.25) is 5.15 Å². The van der Waals surface area contributed by atoms with Gasteiger partial charge < -0.3 is 4.90 Å². The van der Waals surface area contributed by atoms with E-state index in [0.29, 0.717) is 23.5 Å². The fourth-order valence-electron chi connectivity index (χ4n) is 2.30. The fraction of sp³-hybridized carbons (Fsp3) is 0.583. The van der Waals surface area contributed by atoms with Crippen molar-refractivity contribution in [3.63, 3.8) is 0 Å². The number of halogens is 1. The summed E-state index contributed by atoms with van der Waals surface area (Å²) in [7, 11) is 2.11. The van der Waals surface area contributed by atoms with Gasteiger partial charge in [-0.05, 0) is 20.9 Å². The molecule has 1 aliphatic rings. The topological polar surface area (TPSA) is 49.3 Å². The normalized spacial score (nSPS) is 25.2. The van der Waals surface area contributed by atoms with Crippen LogP contribution in [-0.2, 0) is 0 Å². The van der Waals surface area contributed by atoms with E-state index in [1.807, 2.05) is 0 Å². The first-order valence-corrected chi connectivity index (χ1v) is 6.35. The minimum absolute atomic E-state index is 0.217. The summed E-state index contributed by atoms with van der Waals surface area (Å²) in [6.07, 6.45) is 2.13. The van der Waals surface area contributed by atoms with Gasteiger partial charge in [0.05, 0.1) is 5.56 Å². The van der Waals surface area contributed by atoms with Crippen LogP contribution in [0.1, 0.15) is 24.2 Å². The number of aldehydes is 1. The van der Waals surface area contributed by atoms with Gasteiger partial charge in [-0.2, -0.15) is 0 Å². The van der Waals surface area contributed by atoms with Crippen LogP contribution in [0.15, 0.2) is 6.33 Å². The van der Waals surface area contributed by atoms with Crippen LogP contribution in [-0.4, -0.2) is 53.4 Å². The molecule has 1 aliphatic heterocycles. The molecule has 18 heavy (non-hydrogen) atoms. The van der Waals surface area contributed by atoms with Crippen molar-refractivity contribution < 1.29 is 4.79 Å². The summed E-state index contributed by atoms with van der Waals surface area (Å²) in [4.78, 5) is 23.6. The molecule has 98 valence electrons. The maximum Gasteiger partial charge on any atom is 0.156 e. The van der Waals surface area contributed by atoms with E-state index in [2.05, 4.69) is 40.7 Å². The Hall–Kier alpha value is -1.20. The molecule has 1 aromatic heterocycles. The summed E-state index contributed by atoms with van der Waals surface area (Å²) in [5.74, 6) is 0.636. The molecule has 1 fully saturated rings. The first-order valence-electron chi connectivity index (χ1n) is 5.97. The van der Waals surface area contributed by atoms with Gasteiger partial charge in [-0.15, -0.1) is 0 Å². The molecule has 0 saturated carbocycles. The van der Waals surface area contributed by atoms with Crippen LogP contribution in [0.25, 0.3) is 0 Å². The molecule has 0 N–H and O–H groups in total. The Balaban J connectivity index is 2.32. The molecule has 0 radical (unpaired) electrons. The molecule has 2 atom stereocenters. The lowest BCUT2D eigenvalue weighted by Gasteiger charge is -2.43. The largest absolute Gasteiger partial charge is 0.353 e. The lowest BCUT2D eigenvalue weighted by atomic mass is 10.1. The van der Waals surface area contributed by atoms with Gasteiger partial charge in [-0.1, -0.05) is 11.6 Å². The highest BCUT2D eigenvalue weighted by molar-refractivity contribution is 6.32. The third-order valence-electron chi connectivity index (χ3n) is 3.59. The number of hydrogen-bond acceptors (Lipinski definition) is 5. The van der Waals surface area contributed by atoms with Crippen LogP contribution in [0, 0.1) is 0 Å². The monoisotopic (exact) mass is 268 g/mol. The smallest absolute Gasteiger partial charge is 0.156 e. The number of nitrogens with zero attached hydrogens (tertiary/aromatic N) is 4. The van der Waals surface area contributed by atoms with Gasteiger partial charge in [-0.25, -0.2) is 9.97 Å². The number of hydrogen-bond donors (Lipinski definition) is 0. The highest BCUT2D eigenvalue weighted by Gasteiger charge is 2.28. The number of piperazine rings is 1. The van der Waals surface area contributed by atoms with Crippen molar-refractivity contribution in [3.05, 3.63) is 17.0 Å². The zero-order valence-corrected chi connectivity index (χ0v) is 11.6. The molecule has 2 unspecified atom stereocenters. The van der Waals surface area contributed by atoms with Crippen LogP contribution < -0.4 is 4.90 Å². The molecular formula is C12H17ClN4O. The van der Waals surface area contributed by atoms with Gasteiger partial charge >= 0.3 is 0 Å². The van der Waals surface area contributed by atoms with E-state index in [-0.39, 0.29) is 5.15 Å². The summed E-state index contributed by atoms with van der Waals surface area (Å²) >= 11 is 5.93. The molecule has 2 heterocycles. The summed E-state index contributed by atoms with van der Waals surface area (Å²) in [5.41, 5.74) is 0.378. The minimum atomic E-state index is 0.217. The Kier molecular flexibility index (Phi) is 3.82. The zero-order valence-electron chi connectivity index (χ0n) is 10.8. The Morgan fingerprint density at radius 2 is 1.94 bits per heavy atom. The van der Waals surface area contributed by atoms with Gasteiger partial charge in [0, 0.05) is 25.2 Å². The second kappa shape index (κ2) is 5.20. The summed E-state index contributed by atoms with van der Waals surface area (Å²) in [6, 6.07) is 0.809. The minimum Gasteiger partial charge on any atom is -0.353 e. The Morgan fingerprint density at radius 1 is 1.33 bits per heavy atom. The fourth-order valence-corrected chi connectivity index (χ4v) is 2.47. The van der Waals surface area contributed by atoms with Crippen molar-refractivity contribution in [1.29, 1.82) is 0 Å². The van der Waals surface area contributed by atoms with Crippen molar-refractivity contribution >= 4 is 23.7 Å².